The van der Waals surface area contributed by atoms with Gasteiger partial charge in [-0.05, 0) is 38.3 Å². The molecule has 2 aromatic heterocycles. The van der Waals surface area contributed by atoms with E-state index in [1.807, 2.05) is 13.1 Å². The Hall–Kier alpha value is -1.99. The maximum atomic E-state index is 5.61. The molecule has 0 N–H and O–H groups in total. The standard InChI is InChI=1S/C18H25N5O2/c1-14-12-15(5-6-19-14)23-8-3-7-22(9-10-23)13-17-20-18(25-21-17)16-4-2-11-24-16/h5-6,12,16H,2-4,7-11,13H2,1H3. The first-order valence-electron chi connectivity index (χ1n) is 9.12. The van der Waals surface area contributed by atoms with Crippen molar-refractivity contribution in [2.45, 2.75) is 38.8 Å². The van der Waals surface area contributed by atoms with Crippen LogP contribution in [0, 0.1) is 6.92 Å². The van der Waals surface area contributed by atoms with Gasteiger partial charge >= 0.3 is 0 Å². The zero-order chi connectivity index (χ0) is 17.1. The van der Waals surface area contributed by atoms with Crippen molar-refractivity contribution >= 4 is 5.69 Å². The van der Waals surface area contributed by atoms with E-state index in [9.17, 15) is 0 Å². The van der Waals surface area contributed by atoms with Crippen LogP contribution in [0.3, 0.4) is 0 Å². The Bertz CT molecular complexity index is 698. The SMILES string of the molecule is Cc1cc(N2CCCN(Cc3noc(C4CCCO4)n3)CC2)ccn1. The van der Waals surface area contributed by atoms with Gasteiger partial charge in [-0.25, -0.2) is 0 Å². The van der Waals surface area contributed by atoms with Crippen LogP contribution in [0.15, 0.2) is 22.9 Å². The minimum absolute atomic E-state index is 0.00388. The number of hydrogen-bond acceptors (Lipinski definition) is 7. The second-order valence-electron chi connectivity index (χ2n) is 6.82. The minimum Gasteiger partial charge on any atom is -0.370 e. The molecule has 0 amide bonds. The van der Waals surface area contributed by atoms with E-state index in [4.69, 9.17) is 9.26 Å². The van der Waals surface area contributed by atoms with Gasteiger partial charge in [0.2, 0.25) is 0 Å². The topological polar surface area (TPSA) is 67.5 Å². The summed E-state index contributed by atoms with van der Waals surface area (Å²) in [6.45, 7) is 7.66. The third-order valence-corrected chi connectivity index (χ3v) is 4.89. The monoisotopic (exact) mass is 343 g/mol. The van der Waals surface area contributed by atoms with Crippen LogP contribution in [-0.2, 0) is 11.3 Å². The van der Waals surface area contributed by atoms with Crippen LogP contribution in [0.25, 0.3) is 0 Å². The molecule has 4 rings (SSSR count). The van der Waals surface area contributed by atoms with E-state index in [0.717, 1.165) is 70.1 Å². The molecule has 1 unspecified atom stereocenters. The van der Waals surface area contributed by atoms with Crippen molar-refractivity contribution in [3.8, 4) is 0 Å². The number of anilines is 1. The summed E-state index contributed by atoms with van der Waals surface area (Å²) in [4.78, 5) is 13.7. The molecule has 2 aromatic rings. The summed E-state index contributed by atoms with van der Waals surface area (Å²) in [5.74, 6) is 1.40. The summed E-state index contributed by atoms with van der Waals surface area (Å²) in [6.07, 6.45) is 5.05. The first kappa shape index (κ1) is 16.5. The van der Waals surface area contributed by atoms with Crippen molar-refractivity contribution in [1.82, 2.24) is 20.0 Å². The minimum atomic E-state index is -0.00388. The van der Waals surface area contributed by atoms with Crippen LogP contribution >= 0.6 is 0 Å². The van der Waals surface area contributed by atoms with Gasteiger partial charge < -0.3 is 14.2 Å². The zero-order valence-corrected chi connectivity index (χ0v) is 14.7. The lowest BCUT2D eigenvalue weighted by atomic mass is 10.2. The first-order valence-corrected chi connectivity index (χ1v) is 9.12. The largest absolute Gasteiger partial charge is 0.370 e. The fraction of sp³-hybridized carbons (Fsp3) is 0.611. The molecule has 0 aromatic carbocycles. The van der Waals surface area contributed by atoms with E-state index in [2.05, 4.69) is 37.1 Å². The van der Waals surface area contributed by atoms with Crippen molar-refractivity contribution < 1.29 is 9.26 Å². The molecule has 4 heterocycles. The van der Waals surface area contributed by atoms with E-state index >= 15 is 0 Å². The van der Waals surface area contributed by atoms with Crippen LogP contribution in [0.5, 0.6) is 0 Å². The van der Waals surface area contributed by atoms with Crippen molar-refractivity contribution in [3.63, 3.8) is 0 Å². The fourth-order valence-electron chi connectivity index (χ4n) is 3.55. The molecule has 7 heteroatoms. The molecule has 7 nitrogen and oxygen atoms in total. The molecule has 134 valence electrons. The number of hydrogen-bond donors (Lipinski definition) is 0. The lowest BCUT2D eigenvalue weighted by Gasteiger charge is -2.23. The highest BCUT2D eigenvalue weighted by molar-refractivity contribution is 5.46. The van der Waals surface area contributed by atoms with E-state index in [0.29, 0.717) is 5.89 Å². The van der Waals surface area contributed by atoms with Crippen LogP contribution in [-0.4, -0.2) is 52.8 Å². The van der Waals surface area contributed by atoms with Gasteiger partial charge in [0, 0.05) is 50.4 Å². The predicted molar refractivity (Wildman–Crippen MR) is 93.3 cm³/mol. The normalized spacial score (nSPS) is 22.3. The van der Waals surface area contributed by atoms with E-state index in [-0.39, 0.29) is 6.10 Å². The summed E-state index contributed by atoms with van der Waals surface area (Å²) >= 11 is 0. The maximum Gasteiger partial charge on any atom is 0.255 e. The van der Waals surface area contributed by atoms with Gasteiger partial charge in [-0.3, -0.25) is 9.88 Å². The molecule has 0 aliphatic carbocycles. The lowest BCUT2D eigenvalue weighted by molar-refractivity contribution is 0.0835. The van der Waals surface area contributed by atoms with Crippen LogP contribution < -0.4 is 4.90 Å². The molecule has 0 radical (unpaired) electrons. The van der Waals surface area contributed by atoms with E-state index in [1.165, 1.54) is 5.69 Å². The Morgan fingerprint density at radius 1 is 1.20 bits per heavy atom. The Kier molecular flexibility index (Phi) is 4.94. The van der Waals surface area contributed by atoms with Gasteiger partial charge in [0.15, 0.2) is 5.82 Å². The highest BCUT2D eigenvalue weighted by Gasteiger charge is 2.24. The summed E-state index contributed by atoms with van der Waals surface area (Å²) in [7, 11) is 0. The predicted octanol–water partition coefficient (Wildman–Crippen LogP) is 2.34. The molecule has 2 fully saturated rings. The molecule has 0 bridgehead atoms. The smallest absolute Gasteiger partial charge is 0.255 e. The second-order valence-corrected chi connectivity index (χ2v) is 6.82. The average molecular weight is 343 g/mol. The Morgan fingerprint density at radius 3 is 3.00 bits per heavy atom. The summed E-state index contributed by atoms with van der Waals surface area (Å²) < 4.78 is 11.0. The number of nitrogens with zero attached hydrogens (tertiary/aromatic N) is 5. The highest BCUT2D eigenvalue weighted by Crippen LogP contribution is 2.27. The molecule has 2 saturated heterocycles. The molecule has 2 aliphatic heterocycles. The van der Waals surface area contributed by atoms with Gasteiger partial charge in [-0.1, -0.05) is 5.16 Å². The van der Waals surface area contributed by atoms with Crippen molar-refractivity contribution in [2.75, 3.05) is 37.7 Å². The van der Waals surface area contributed by atoms with Gasteiger partial charge in [-0.2, -0.15) is 4.98 Å². The average Bonchev–Trinajstić information content (AvgIpc) is 3.24. The number of rotatable bonds is 4. The lowest BCUT2D eigenvalue weighted by Crippen LogP contribution is -2.30. The number of ether oxygens (including phenoxy) is 1. The quantitative estimate of drug-likeness (QED) is 0.844. The van der Waals surface area contributed by atoms with Gasteiger partial charge in [0.05, 0.1) is 6.54 Å². The summed E-state index contributed by atoms with van der Waals surface area (Å²) in [6, 6.07) is 4.25. The molecular formula is C18H25N5O2. The van der Waals surface area contributed by atoms with Crippen LogP contribution in [0.1, 0.15) is 42.8 Å². The second kappa shape index (κ2) is 7.49. The van der Waals surface area contributed by atoms with Crippen LogP contribution in [0.4, 0.5) is 5.69 Å². The Balaban J connectivity index is 1.35. The third-order valence-electron chi connectivity index (χ3n) is 4.89. The van der Waals surface area contributed by atoms with Crippen molar-refractivity contribution in [2.24, 2.45) is 0 Å². The molecule has 0 saturated carbocycles. The summed E-state index contributed by atoms with van der Waals surface area (Å²) in [5.41, 5.74) is 2.32. The van der Waals surface area contributed by atoms with E-state index < -0.39 is 0 Å². The van der Waals surface area contributed by atoms with Crippen molar-refractivity contribution in [1.29, 1.82) is 0 Å². The number of aryl methyl sites for hydroxylation is 1. The molecule has 0 spiro atoms. The van der Waals surface area contributed by atoms with Gasteiger partial charge in [-0.15, -0.1) is 0 Å². The Morgan fingerprint density at radius 2 is 2.16 bits per heavy atom. The first-order chi connectivity index (χ1) is 12.3. The number of pyridine rings is 1. The zero-order valence-electron chi connectivity index (χ0n) is 14.7. The molecule has 25 heavy (non-hydrogen) atoms. The van der Waals surface area contributed by atoms with Crippen LogP contribution in [0.2, 0.25) is 0 Å². The fourth-order valence-corrected chi connectivity index (χ4v) is 3.55. The number of aromatic nitrogens is 3. The van der Waals surface area contributed by atoms with Gasteiger partial charge in [0.25, 0.3) is 5.89 Å². The molecule has 2 aliphatic rings. The summed E-state index contributed by atoms with van der Waals surface area (Å²) in [5, 5.41) is 4.14. The van der Waals surface area contributed by atoms with E-state index in [1.54, 1.807) is 0 Å². The highest BCUT2D eigenvalue weighted by atomic mass is 16.5. The molecule has 1 atom stereocenters. The van der Waals surface area contributed by atoms with Gasteiger partial charge in [0.1, 0.15) is 6.10 Å². The maximum absolute atomic E-state index is 5.61. The Labute approximate surface area is 148 Å². The van der Waals surface area contributed by atoms with Crippen molar-refractivity contribution in [3.05, 3.63) is 35.7 Å². The molecular weight excluding hydrogens is 318 g/mol. The third kappa shape index (κ3) is 3.99.